The lowest BCUT2D eigenvalue weighted by molar-refractivity contribution is -0.120. The zero-order chi connectivity index (χ0) is 26.2. The van der Waals surface area contributed by atoms with E-state index in [9.17, 15) is 4.79 Å². The molecule has 0 radical (unpaired) electrons. The molecule has 39 heavy (non-hydrogen) atoms. The number of nitrogens with one attached hydrogen (secondary N) is 3. The zero-order valence-corrected chi connectivity index (χ0v) is 21.3. The molecule has 1 aliphatic carbocycles. The number of pyridine rings is 3. The molecular weight excluding hydrogens is 486 g/mol. The Kier molecular flexibility index (Phi) is 5.85. The molecule has 8 nitrogen and oxygen atoms in total. The second-order valence-electron chi connectivity index (χ2n) is 10.2. The standard InChI is InChI=1S/C31H27N7O/c39-31(20-5-2-1-3-6-20)35-23-13-21(16-33-18-23)22-14-26-29(37-38-30(26)34-17-22)28-15-25-24(7-4-8-27(25)36-28)19-9-11-32-12-10-19/h4,7-18,20,36H,1-3,5-6H2,(H,35,39)(H,34,37,38). The smallest absolute Gasteiger partial charge is 0.227 e. The molecule has 1 aromatic carbocycles. The highest BCUT2D eigenvalue weighted by Gasteiger charge is 2.21. The summed E-state index contributed by atoms with van der Waals surface area (Å²) in [7, 11) is 0. The number of H-pyrrole nitrogens is 2. The molecule has 7 rings (SSSR count). The predicted molar refractivity (Wildman–Crippen MR) is 153 cm³/mol. The predicted octanol–water partition coefficient (Wildman–Crippen LogP) is 6.75. The van der Waals surface area contributed by atoms with Crippen molar-refractivity contribution in [1.82, 2.24) is 30.1 Å². The Labute approximate surface area is 224 Å². The van der Waals surface area contributed by atoms with E-state index in [-0.39, 0.29) is 11.8 Å². The third-order valence-corrected chi connectivity index (χ3v) is 7.65. The van der Waals surface area contributed by atoms with Gasteiger partial charge in [-0.05, 0) is 60.4 Å². The minimum absolute atomic E-state index is 0.0873. The Morgan fingerprint density at radius 3 is 2.56 bits per heavy atom. The third kappa shape index (κ3) is 4.44. The van der Waals surface area contributed by atoms with Crippen LogP contribution in [0, 0.1) is 5.92 Å². The van der Waals surface area contributed by atoms with Gasteiger partial charge in [0.25, 0.3) is 0 Å². The first-order valence-corrected chi connectivity index (χ1v) is 13.4. The summed E-state index contributed by atoms with van der Waals surface area (Å²) >= 11 is 0. The Hall–Kier alpha value is -4.85. The van der Waals surface area contributed by atoms with Gasteiger partial charge < -0.3 is 10.3 Å². The van der Waals surface area contributed by atoms with Crippen molar-refractivity contribution in [2.75, 3.05) is 5.32 Å². The maximum Gasteiger partial charge on any atom is 0.227 e. The molecule has 0 atom stereocenters. The minimum atomic E-state index is 0.0873. The van der Waals surface area contributed by atoms with Crippen molar-refractivity contribution in [3.8, 4) is 33.6 Å². The van der Waals surface area contributed by atoms with Crippen LogP contribution in [0.1, 0.15) is 32.1 Å². The van der Waals surface area contributed by atoms with E-state index >= 15 is 0 Å². The molecule has 1 aliphatic rings. The highest BCUT2D eigenvalue weighted by Crippen LogP contribution is 2.35. The fourth-order valence-electron chi connectivity index (χ4n) is 5.61. The van der Waals surface area contributed by atoms with Gasteiger partial charge in [-0.3, -0.25) is 19.9 Å². The number of carbonyl (C=O) groups excluding carboxylic acids is 1. The molecule has 0 bridgehead atoms. The van der Waals surface area contributed by atoms with Crippen LogP contribution in [-0.2, 0) is 4.79 Å². The van der Waals surface area contributed by atoms with Crippen molar-refractivity contribution in [3.05, 3.63) is 79.5 Å². The number of fused-ring (bicyclic) bond motifs is 2. The highest BCUT2D eigenvalue weighted by molar-refractivity contribution is 6.01. The van der Waals surface area contributed by atoms with E-state index in [0.29, 0.717) is 11.3 Å². The summed E-state index contributed by atoms with van der Waals surface area (Å²) in [6.07, 6.45) is 14.3. The van der Waals surface area contributed by atoms with Gasteiger partial charge in [-0.25, -0.2) is 4.98 Å². The molecule has 1 saturated carbocycles. The maximum atomic E-state index is 12.8. The van der Waals surface area contributed by atoms with Crippen LogP contribution >= 0.6 is 0 Å². The SMILES string of the molecule is O=C(Nc1cncc(-c2cnc3n[nH]c(-c4cc5c(-c6ccncc6)cccc5[nH]4)c3c2)c1)C1CCCCC1. The number of aromatic amines is 2. The van der Waals surface area contributed by atoms with Crippen LogP contribution in [0.15, 0.2) is 79.5 Å². The molecule has 0 aliphatic heterocycles. The fraction of sp³-hybridized carbons (Fsp3) is 0.194. The average Bonchev–Trinajstić information content (AvgIpc) is 3.62. The second kappa shape index (κ2) is 9.79. The van der Waals surface area contributed by atoms with Gasteiger partial charge in [-0.2, -0.15) is 5.10 Å². The molecule has 6 aromatic rings. The summed E-state index contributed by atoms with van der Waals surface area (Å²) in [6.45, 7) is 0. The van der Waals surface area contributed by atoms with Crippen molar-refractivity contribution in [3.63, 3.8) is 0 Å². The summed E-state index contributed by atoms with van der Waals surface area (Å²) < 4.78 is 0. The lowest BCUT2D eigenvalue weighted by Gasteiger charge is -2.20. The van der Waals surface area contributed by atoms with Gasteiger partial charge in [0, 0.05) is 58.1 Å². The minimum Gasteiger partial charge on any atom is -0.353 e. The number of hydrogen-bond donors (Lipinski definition) is 3. The quantitative estimate of drug-likeness (QED) is 0.236. The van der Waals surface area contributed by atoms with E-state index in [1.54, 1.807) is 18.6 Å². The Morgan fingerprint density at radius 2 is 1.69 bits per heavy atom. The van der Waals surface area contributed by atoms with Crippen LogP contribution in [0.2, 0.25) is 0 Å². The summed E-state index contributed by atoms with van der Waals surface area (Å²) in [5.74, 6) is 0.175. The topological polar surface area (TPSA) is 112 Å². The Bertz CT molecular complexity index is 1800. The number of benzene rings is 1. The second-order valence-corrected chi connectivity index (χ2v) is 10.2. The van der Waals surface area contributed by atoms with Gasteiger partial charge in [-0.15, -0.1) is 0 Å². The number of nitrogens with zero attached hydrogens (tertiary/aromatic N) is 4. The largest absolute Gasteiger partial charge is 0.353 e. The molecule has 0 unspecified atom stereocenters. The fourth-order valence-corrected chi connectivity index (χ4v) is 5.61. The van der Waals surface area contributed by atoms with Gasteiger partial charge in [0.15, 0.2) is 5.65 Å². The van der Waals surface area contributed by atoms with E-state index in [2.05, 4.69) is 65.8 Å². The van der Waals surface area contributed by atoms with Crippen molar-refractivity contribution in [2.24, 2.45) is 5.92 Å². The molecule has 8 heteroatoms. The van der Waals surface area contributed by atoms with Crippen molar-refractivity contribution >= 4 is 33.5 Å². The van der Waals surface area contributed by atoms with Crippen LogP contribution in [-0.4, -0.2) is 36.0 Å². The number of carbonyl (C=O) groups is 1. The van der Waals surface area contributed by atoms with E-state index in [1.165, 1.54) is 6.42 Å². The summed E-state index contributed by atoms with van der Waals surface area (Å²) in [6, 6.07) is 16.5. The van der Waals surface area contributed by atoms with Crippen molar-refractivity contribution in [1.29, 1.82) is 0 Å². The number of hydrogen-bond acceptors (Lipinski definition) is 5. The van der Waals surface area contributed by atoms with E-state index < -0.39 is 0 Å². The first-order chi connectivity index (χ1) is 19.2. The molecule has 5 aromatic heterocycles. The first kappa shape index (κ1) is 23.3. The van der Waals surface area contributed by atoms with Crippen molar-refractivity contribution in [2.45, 2.75) is 32.1 Å². The van der Waals surface area contributed by atoms with Gasteiger partial charge in [0.05, 0.1) is 23.3 Å². The summed E-state index contributed by atoms with van der Waals surface area (Å²) in [5.41, 5.74) is 8.21. The van der Waals surface area contributed by atoms with E-state index in [0.717, 1.165) is 75.6 Å². The zero-order valence-electron chi connectivity index (χ0n) is 21.3. The van der Waals surface area contributed by atoms with E-state index in [4.69, 9.17) is 0 Å². The molecule has 3 N–H and O–H groups in total. The molecule has 1 amide bonds. The number of rotatable bonds is 5. The lowest BCUT2D eigenvalue weighted by Crippen LogP contribution is -2.24. The van der Waals surface area contributed by atoms with Gasteiger partial charge >= 0.3 is 0 Å². The van der Waals surface area contributed by atoms with Crippen LogP contribution in [0.25, 0.3) is 55.6 Å². The monoisotopic (exact) mass is 513 g/mol. The van der Waals surface area contributed by atoms with Crippen LogP contribution in [0.3, 0.4) is 0 Å². The molecule has 5 heterocycles. The molecule has 0 spiro atoms. The van der Waals surface area contributed by atoms with Gasteiger partial charge in [0.2, 0.25) is 5.91 Å². The Balaban J connectivity index is 1.23. The number of aromatic nitrogens is 6. The lowest BCUT2D eigenvalue weighted by atomic mass is 9.88. The van der Waals surface area contributed by atoms with Crippen LogP contribution in [0.4, 0.5) is 5.69 Å². The number of anilines is 1. The molecule has 0 saturated heterocycles. The summed E-state index contributed by atoms with van der Waals surface area (Å²) in [4.78, 5) is 29.5. The van der Waals surface area contributed by atoms with Crippen LogP contribution < -0.4 is 5.32 Å². The van der Waals surface area contributed by atoms with Crippen molar-refractivity contribution < 1.29 is 4.79 Å². The average molecular weight is 514 g/mol. The van der Waals surface area contributed by atoms with Gasteiger partial charge in [0.1, 0.15) is 0 Å². The number of amides is 1. The molecule has 192 valence electrons. The normalized spacial score (nSPS) is 14.2. The Morgan fingerprint density at radius 1 is 0.846 bits per heavy atom. The highest BCUT2D eigenvalue weighted by atomic mass is 16.1. The maximum absolute atomic E-state index is 12.8. The third-order valence-electron chi connectivity index (χ3n) is 7.65. The molecule has 1 fully saturated rings. The summed E-state index contributed by atoms with van der Waals surface area (Å²) in [5, 5.41) is 12.7. The molecular formula is C31H27N7O. The van der Waals surface area contributed by atoms with E-state index in [1.807, 2.05) is 30.6 Å². The van der Waals surface area contributed by atoms with Crippen LogP contribution in [0.5, 0.6) is 0 Å². The first-order valence-electron chi connectivity index (χ1n) is 13.4. The van der Waals surface area contributed by atoms with Gasteiger partial charge in [-0.1, -0.05) is 31.4 Å².